The number of nitrogen functional groups attached to an aromatic ring is 1. The molecule has 5 N–H and O–H groups in total. The molecule has 0 fully saturated rings. The van der Waals surface area contributed by atoms with E-state index < -0.39 is 5.56 Å². The van der Waals surface area contributed by atoms with Gasteiger partial charge in [-0.1, -0.05) is 23.4 Å². The molecule has 26 heavy (non-hydrogen) atoms. The summed E-state index contributed by atoms with van der Waals surface area (Å²) in [6.07, 6.45) is 4.05. The van der Waals surface area contributed by atoms with Gasteiger partial charge in [0.2, 0.25) is 0 Å². The Hall–Kier alpha value is -3.75. The molecule has 0 amide bonds. The van der Waals surface area contributed by atoms with E-state index in [0.717, 1.165) is 0 Å². The summed E-state index contributed by atoms with van der Waals surface area (Å²) < 4.78 is 18.6. The van der Waals surface area contributed by atoms with Crippen LogP contribution in [0.2, 0.25) is 0 Å². The van der Waals surface area contributed by atoms with Gasteiger partial charge >= 0.3 is 0 Å². The monoisotopic (exact) mass is 354 g/mol. The third kappa shape index (κ3) is 3.83. The quantitative estimate of drug-likeness (QED) is 0.594. The number of nitrogens with zero attached hydrogens (tertiary/aromatic N) is 3. The number of benzene rings is 1. The number of nitrogens with one attached hydrogen (secondary N) is 1. The first kappa shape index (κ1) is 17.1. The van der Waals surface area contributed by atoms with Crippen molar-refractivity contribution in [2.75, 3.05) is 5.73 Å². The summed E-state index contributed by atoms with van der Waals surface area (Å²) in [6.45, 7) is 0.0737. The van der Waals surface area contributed by atoms with Crippen LogP contribution in [0.15, 0.2) is 63.2 Å². The van der Waals surface area contributed by atoms with Gasteiger partial charge in [-0.05, 0) is 12.1 Å². The number of hydrogen-bond acceptors (Lipinski definition) is 7. The highest BCUT2D eigenvalue weighted by atomic mass is 19.1. The molecule has 8 nitrogen and oxygen atoms in total. The standard InChI is InChI=1S/C17H15FN6O2/c18-11-4-2-1-3-10(11)8-21-15(14-5-6-26-24-14)7-12(19)16-22-9-13(20)17(25)23-16/h1-7,9H,8,19-20H2,(H,22,23,25). The molecule has 0 bridgehead atoms. The summed E-state index contributed by atoms with van der Waals surface area (Å²) in [5.41, 5.74) is 12.2. The summed E-state index contributed by atoms with van der Waals surface area (Å²) >= 11 is 0. The van der Waals surface area contributed by atoms with Crippen LogP contribution >= 0.6 is 0 Å². The second-order valence-electron chi connectivity index (χ2n) is 5.29. The maximum atomic E-state index is 13.8. The maximum absolute atomic E-state index is 13.8. The molecule has 2 aromatic heterocycles. The molecule has 0 atom stereocenters. The van der Waals surface area contributed by atoms with E-state index in [4.69, 9.17) is 16.0 Å². The molecule has 1 aromatic carbocycles. The van der Waals surface area contributed by atoms with Gasteiger partial charge in [0, 0.05) is 11.6 Å². The van der Waals surface area contributed by atoms with Crippen molar-refractivity contribution in [1.29, 1.82) is 0 Å². The van der Waals surface area contributed by atoms with Gasteiger partial charge in [-0.15, -0.1) is 0 Å². The average molecular weight is 354 g/mol. The molecule has 0 radical (unpaired) electrons. The Morgan fingerprint density at radius 3 is 2.85 bits per heavy atom. The van der Waals surface area contributed by atoms with Crippen LogP contribution in [0.3, 0.4) is 0 Å². The second kappa shape index (κ2) is 7.43. The SMILES string of the molecule is NC(=CC(=NCc1ccccc1F)c1ccon1)c1ncc(N)c(=O)[nH]1. The molecule has 3 aromatic rings. The van der Waals surface area contributed by atoms with Crippen molar-refractivity contribution in [2.24, 2.45) is 10.7 Å². The van der Waals surface area contributed by atoms with Crippen LogP contribution in [0.1, 0.15) is 17.1 Å². The van der Waals surface area contributed by atoms with Crippen molar-refractivity contribution < 1.29 is 8.91 Å². The lowest BCUT2D eigenvalue weighted by molar-refractivity contribution is 0.418. The van der Waals surface area contributed by atoms with Crippen molar-refractivity contribution in [1.82, 2.24) is 15.1 Å². The van der Waals surface area contributed by atoms with E-state index in [1.54, 1.807) is 24.3 Å². The molecule has 0 unspecified atom stereocenters. The summed E-state index contributed by atoms with van der Waals surface area (Å²) in [4.78, 5) is 22.4. The number of aromatic amines is 1. The van der Waals surface area contributed by atoms with Crippen LogP contribution in [0.5, 0.6) is 0 Å². The van der Waals surface area contributed by atoms with E-state index in [1.165, 1.54) is 24.6 Å². The second-order valence-corrected chi connectivity index (χ2v) is 5.29. The molecule has 0 saturated carbocycles. The van der Waals surface area contributed by atoms with E-state index in [9.17, 15) is 9.18 Å². The number of allylic oxidation sites excluding steroid dienone is 1. The van der Waals surface area contributed by atoms with Gasteiger partial charge in [0.25, 0.3) is 5.56 Å². The lowest BCUT2D eigenvalue weighted by Crippen LogP contribution is -2.17. The Bertz CT molecular complexity index is 1020. The Morgan fingerprint density at radius 1 is 1.35 bits per heavy atom. The van der Waals surface area contributed by atoms with Crippen molar-refractivity contribution in [3.63, 3.8) is 0 Å². The van der Waals surface area contributed by atoms with Gasteiger partial charge in [0.05, 0.1) is 24.2 Å². The zero-order valence-corrected chi connectivity index (χ0v) is 13.5. The number of halogens is 1. The fraction of sp³-hybridized carbons (Fsp3) is 0.0588. The van der Waals surface area contributed by atoms with Gasteiger partial charge in [-0.2, -0.15) is 0 Å². The van der Waals surface area contributed by atoms with Gasteiger partial charge in [0.1, 0.15) is 23.5 Å². The van der Waals surface area contributed by atoms with Crippen molar-refractivity contribution in [3.05, 3.63) is 82.1 Å². The number of H-pyrrole nitrogens is 1. The predicted octanol–water partition coefficient (Wildman–Crippen LogP) is 1.47. The van der Waals surface area contributed by atoms with Crippen LogP contribution in [0, 0.1) is 5.82 Å². The highest BCUT2D eigenvalue weighted by Crippen LogP contribution is 2.11. The van der Waals surface area contributed by atoms with Gasteiger partial charge in [-0.3, -0.25) is 9.79 Å². The van der Waals surface area contributed by atoms with Crippen molar-refractivity contribution >= 4 is 17.1 Å². The average Bonchev–Trinajstić information content (AvgIpc) is 3.16. The smallest absolute Gasteiger partial charge is 0.274 e. The summed E-state index contributed by atoms with van der Waals surface area (Å²) in [5.74, 6) is -0.233. The molecular formula is C17H15FN6O2. The fourth-order valence-corrected chi connectivity index (χ4v) is 2.11. The molecule has 0 saturated heterocycles. The lowest BCUT2D eigenvalue weighted by Gasteiger charge is -2.04. The summed E-state index contributed by atoms with van der Waals surface area (Å²) in [7, 11) is 0. The van der Waals surface area contributed by atoms with Crippen LogP contribution in [0.25, 0.3) is 5.70 Å². The molecule has 132 valence electrons. The minimum absolute atomic E-state index is 0.0218. The molecule has 0 aliphatic heterocycles. The van der Waals surface area contributed by atoms with E-state index in [0.29, 0.717) is 17.0 Å². The van der Waals surface area contributed by atoms with Crippen LogP contribution in [0.4, 0.5) is 10.1 Å². The number of aromatic nitrogens is 3. The first-order valence-corrected chi connectivity index (χ1v) is 7.55. The number of hydrogen-bond donors (Lipinski definition) is 3. The molecule has 0 aliphatic rings. The summed E-state index contributed by atoms with van der Waals surface area (Å²) in [6, 6.07) is 7.89. The largest absolute Gasteiger partial charge is 0.396 e. The van der Waals surface area contributed by atoms with Crippen LogP contribution in [-0.2, 0) is 6.54 Å². The van der Waals surface area contributed by atoms with Crippen molar-refractivity contribution in [2.45, 2.75) is 6.54 Å². The number of rotatable bonds is 5. The minimum Gasteiger partial charge on any atom is -0.396 e. The third-order valence-electron chi connectivity index (χ3n) is 3.47. The molecule has 2 heterocycles. The van der Waals surface area contributed by atoms with Gasteiger partial charge < -0.3 is 21.0 Å². The third-order valence-corrected chi connectivity index (χ3v) is 3.47. The van der Waals surface area contributed by atoms with Crippen LogP contribution < -0.4 is 17.0 Å². The van der Waals surface area contributed by atoms with E-state index in [-0.39, 0.29) is 29.6 Å². The first-order valence-electron chi connectivity index (χ1n) is 7.55. The number of nitrogens with two attached hydrogens (primary N) is 2. The molecule has 0 aliphatic carbocycles. The molecule has 9 heteroatoms. The molecule has 0 spiro atoms. The topological polar surface area (TPSA) is 136 Å². The number of anilines is 1. The van der Waals surface area contributed by atoms with Gasteiger partial charge in [-0.25, -0.2) is 9.37 Å². The number of aliphatic imine (C=N–C) groups is 1. The highest BCUT2D eigenvalue weighted by molar-refractivity contribution is 6.10. The lowest BCUT2D eigenvalue weighted by atomic mass is 10.2. The minimum atomic E-state index is -0.502. The van der Waals surface area contributed by atoms with Gasteiger partial charge in [0.15, 0.2) is 5.82 Å². The Morgan fingerprint density at radius 2 is 2.15 bits per heavy atom. The first-order chi connectivity index (χ1) is 12.5. The normalized spacial score (nSPS) is 12.3. The molecular weight excluding hydrogens is 339 g/mol. The van der Waals surface area contributed by atoms with E-state index in [2.05, 4.69) is 20.1 Å². The molecule has 3 rings (SSSR count). The summed E-state index contributed by atoms with van der Waals surface area (Å²) in [5, 5.41) is 3.82. The van der Waals surface area contributed by atoms with Crippen LogP contribution in [-0.4, -0.2) is 20.8 Å². The predicted molar refractivity (Wildman–Crippen MR) is 94.6 cm³/mol. The zero-order valence-electron chi connectivity index (χ0n) is 13.5. The Balaban J connectivity index is 1.96. The zero-order chi connectivity index (χ0) is 18.5. The van der Waals surface area contributed by atoms with Crippen molar-refractivity contribution in [3.8, 4) is 0 Å². The van der Waals surface area contributed by atoms with E-state index in [1.807, 2.05) is 0 Å². The Kier molecular flexibility index (Phi) is 4.88. The maximum Gasteiger partial charge on any atom is 0.274 e. The highest BCUT2D eigenvalue weighted by Gasteiger charge is 2.09. The van der Waals surface area contributed by atoms with E-state index >= 15 is 0 Å². The fourth-order valence-electron chi connectivity index (χ4n) is 2.11. The Labute approximate surface area is 147 Å².